The van der Waals surface area contributed by atoms with Crippen molar-refractivity contribution in [2.24, 2.45) is 0 Å². The number of carboxylic acid groups (broad SMARTS) is 1. The van der Waals surface area contributed by atoms with E-state index in [1.807, 2.05) is 13.8 Å². The normalized spacial score (nSPS) is 10.7. The van der Waals surface area contributed by atoms with Gasteiger partial charge in [0.15, 0.2) is 0 Å². The van der Waals surface area contributed by atoms with Gasteiger partial charge < -0.3 is 5.11 Å². The summed E-state index contributed by atoms with van der Waals surface area (Å²) in [6, 6.07) is 3.89. The number of benzene rings is 1. The number of hydrogen-bond acceptors (Lipinski definition) is 3. The third-order valence-electron chi connectivity index (χ3n) is 2.98. The SMILES string of the molecule is Cc1sc(=O)n(Cc2ccc(C(=O)O)c(F)c2)c1C. The van der Waals surface area contributed by atoms with Gasteiger partial charge in [-0.2, -0.15) is 0 Å². The minimum Gasteiger partial charge on any atom is -0.478 e. The largest absolute Gasteiger partial charge is 0.478 e. The van der Waals surface area contributed by atoms with Crippen LogP contribution in [0.5, 0.6) is 0 Å². The van der Waals surface area contributed by atoms with Crippen LogP contribution in [0.3, 0.4) is 0 Å². The molecule has 1 aromatic heterocycles. The zero-order valence-electron chi connectivity index (χ0n) is 10.4. The molecule has 1 heterocycles. The highest BCUT2D eigenvalue weighted by atomic mass is 32.1. The lowest BCUT2D eigenvalue weighted by atomic mass is 10.1. The molecule has 6 heteroatoms. The molecule has 0 unspecified atom stereocenters. The fourth-order valence-electron chi connectivity index (χ4n) is 1.78. The zero-order valence-corrected chi connectivity index (χ0v) is 11.3. The van der Waals surface area contributed by atoms with E-state index >= 15 is 0 Å². The van der Waals surface area contributed by atoms with Crippen LogP contribution < -0.4 is 4.87 Å². The summed E-state index contributed by atoms with van der Waals surface area (Å²) >= 11 is 1.15. The molecule has 2 aromatic rings. The van der Waals surface area contributed by atoms with Crippen LogP contribution in [0.2, 0.25) is 0 Å². The second kappa shape index (κ2) is 4.97. The fraction of sp³-hybridized carbons (Fsp3) is 0.231. The Balaban J connectivity index is 2.37. The molecule has 4 nitrogen and oxygen atoms in total. The summed E-state index contributed by atoms with van der Waals surface area (Å²) in [5.74, 6) is -2.09. The Morgan fingerprint density at radius 2 is 2.11 bits per heavy atom. The van der Waals surface area contributed by atoms with Crippen LogP contribution in [-0.2, 0) is 6.54 Å². The molecule has 0 saturated heterocycles. The van der Waals surface area contributed by atoms with E-state index < -0.39 is 11.8 Å². The Kier molecular flexibility index (Phi) is 3.53. The van der Waals surface area contributed by atoms with E-state index in [0.29, 0.717) is 5.56 Å². The van der Waals surface area contributed by atoms with Gasteiger partial charge >= 0.3 is 10.8 Å². The van der Waals surface area contributed by atoms with Crippen LogP contribution >= 0.6 is 11.3 Å². The van der Waals surface area contributed by atoms with E-state index in [9.17, 15) is 14.0 Å². The van der Waals surface area contributed by atoms with Crippen LogP contribution in [0, 0.1) is 19.7 Å². The van der Waals surface area contributed by atoms with Gasteiger partial charge in [0.05, 0.1) is 12.1 Å². The molecular formula is C13H12FNO3S. The van der Waals surface area contributed by atoms with E-state index in [-0.39, 0.29) is 17.0 Å². The molecule has 0 saturated carbocycles. The molecule has 2 rings (SSSR count). The van der Waals surface area contributed by atoms with E-state index in [2.05, 4.69) is 0 Å². The van der Waals surface area contributed by atoms with E-state index in [4.69, 9.17) is 5.11 Å². The molecule has 0 spiro atoms. The van der Waals surface area contributed by atoms with Crippen molar-refractivity contribution in [1.29, 1.82) is 0 Å². The van der Waals surface area contributed by atoms with Crippen LogP contribution in [0.25, 0.3) is 0 Å². The third kappa shape index (κ3) is 2.58. The smallest absolute Gasteiger partial charge is 0.338 e. The maximum Gasteiger partial charge on any atom is 0.338 e. The number of thiazole rings is 1. The van der Waals surface area contributed by atoms with Crippen molar-refractivity contribution in [1.82, 2.24) is 4.57 Å². The summed E-state index contributed by atoms with van der Waals surface area (Å²) in [7, 11) is 0. The lowest BCUT2D eigenvalue weighted by Crippen LogP contribution is -2.15. The minimum atomic E-state index is -1.30. The van der Waals surface area contributed by atoms with Crippen molar-refractivity contribution < 1.29 is 14.3 Å². The second-order valence-corrected chi connectivity index (χ2v) is 5.38. The van der Waals surface area contributed by atoms with Gasteiger partial charge in [-0.25, -0.2) is 9.18 Å². The van der Waals surface area contributed by atoms with Gasteiger partial charge in [-0.3, -0.25) is 9.36 Å². The Hall–Kier alpha value is -1.95. The molecule has 0 aliphatic carbocycles. The molecule has 0 aliphatic rings. The lowest BCUT2D eigenvalue weighted by Gasteiger charge is -2.06. The maximum atomic E-state index is 13.5. The van der Waals surface area contributed by atoms with Gasteiger partial charge in [-0.1, -0.05) is 17.4 Å². The van der Waals surface area contributed by atoms with Crippen molar-refractivity contribution in [2.45, 2.75) is 20.4 Å². The predicted molar refractivity (Wildman–Crippen MR) is 70.5 cm³/mol. The van der Waals surface area contributed by atoms with Crippen LogP contribution in [0.4, 0.5) is 4.39 Å². The average Bonchev–Trinajstić information content (AvgIpc) is 2.56. The van der Waals surface area contributed by atoms with Crippen molar-refractivity contribution in [3.63, 3.8) is 0 Å². The molecular weight excluding hydrogens is 269 g/mol. The molecule has 0 aliphatic heterocycles. The molecule has 1 N–H and O–H groups in total. The van der Waals surface area contributed by atoms with Crippen molar-refractivity contribution in [2.75, 3.05) is 0 Å². The first-order chi connectivity index (χ1) is 8.90. The first-order valence-corrected chi connectivity index (χ1v) is 6.40. The molecule has 0 atom stereocenters. The van der Waals surface area contributed by atoms with Gasteiger partial charge in [0.2, 0.25) is 0 Å². The quantitative estimate of drug-likeness (QED) is 0.940. The van der Waals surface area contributed by atoms with Crippen molar-refractivity contribution in [3.05, 3.63) is 55.4 Å². The Morgan fingerprint density at radius 3 is 2.58 bits per heavy atom. The maximum absolute atomic E-state index is 13.5. The monoisotopic (exact) mass is 281 g/mol. The number of aryl methyl sites for hydroxylation is 1. The standard InChI is InChI=1S/C13H12FNO3S/c1-7-8(2)19-13(18)15(7)6-9-3-4-10(12(16)17)11(14)5-9/h3-5H,6H2,1-2H3,(H,16,17). The highest BCUT2D eigenvalue weighted by Gasteiger charge is 2.12. The van der Waals surface area contributed by atoms with E-state index in [1.165, 1.54) is 12.1 Å². The number of aromatic nitrogens is 1. The topological polar surface area (TPSA) is 59.3 Å². The van der Waals surface area contributed by atoms with Gasteiger partial charge in [0.1, 0.15) is 5.82 Å². The third-order valence-corrected chi connectivity index (χ3v) is 3.98. The fourth-order valence-corrected chi connectivity index (χ4v) is 2.61. The predicted octanol–water partition coefficient (Wildman–Crippen LogP) is 2.41. The van der Waals surface area contributed by atoms with Gasteiger partial charge in [0, 0.05) is 10.6 Å². The van der Waals surface area contributed by atoms with Crippen LogP contribution in [-0.4, -0.2) is 15.6 Å². The number of nitrogens with zero attached hydrogens (tertiary/aromatic N) is 1. The average molecular weight is 281 g/mol. The highest BCUT2D eigenvalue weighted by molar-refractivity contribution is 7.09. The number of carbonyl (C=O) groups is 1. The number of aromatic carboxylic acids is 1. The first kappa shape index (κ1) is 13.5. The summed E-state index contributed by atoms with van der Waals surface area (Å²) in [6.45, 7) is 3.92. The molecule has 0 fully saturated rings. The second-order valence-electron chi connectivity index (χ2n) is 4.22. The summed E-state index contributed by atoms with van der Waals surface area (Å²) in [6.07, 6.45) is 0. The number of rotatable bonds is 3. The highest BCUT2D eigenvalue weighted by Crippen LogP contribution is 2.14. The van der Waals surface area contributed by atoms with Gasteiger partial charge in [-0.15, -0.1) is 0 Å². The molecule has 0 bridgehead atoms. The molecule has 100 valence electrons. The molecule has 0 amide bonds. The number of halogens is 1. The Morgan fingerprint density at radius 1 is 1.42 bits per heavy atom. The number of carboxylic acids is 1. The van der Waals surface area contributed by atoms with Crippen LogP contribution in [0.1, 0.15) is 26.5 Å². The van der Waals surface area contributed by atoms with E-state index in [0.717, 1.165) is 28.0 Å². The van der Waals surface area contributed by atoms with Crippen molar-refractivity contribution >= 4 is 17.3 Å². The van der Waals surface area contributed by atoms with E-state index in [1.54, 1.807) is 4.57 Å². The van der Waals surface area contributed by atoms with Crippen molar-refractivity contribution in [3.8, 4) is 0 Å². The summed E-state index contributed by atoms with van der Waals surface area (Å²) in [4.78, 5) is 23.3. The Bertz CT molecular complexity index is 702. The Labute approximate surface area is 112 Å². The number of hydrogen-bond donors (Lipinski definition) is 1. The molecule has 19 heavy (non-hydrogen) atoms. The van der Waals surface area contributed by atoms with Crippen LogP contribution in [0.15, 0.2) is 23.0 Å². The molecule has 1 aromatic carbocycles. The lowest BCUT2D eigenvalue weighted by molar-refractivity contribution is 0.0692. The summed E-state index contributed by atoms with van der Waals surface area (Å²) in [5.41, 5.74) is 1.04. The van der Waals surface area contributed by atoms with Gasteiger partial charge in [0.25, 0.3) is 0 Å². The summed E-state index contributed by atoms with van der Waals surface area (Å²) < 4.78 is 15.1. The zero-order chi connectivity index (χ0) is 14.2. The molecule has 0 radical (unpaired) electrons. The first-order valence-electron chi connectivity index (χ1n) is 5.58. The van der Waals surface area contributed by atoms with Gasteiger partial charge in [-0.05, 0) is 31.5 Å². The minimum absolute atomic E-state index is 0.0993. The summed E-state index contributed by atoms with van der Waals surface area (Å²) in [5, 5.41) is 8.74.